The molecule has 1 aliphatic rings. The van der Waals surface area contributed by atoms with Crippen molar-refractivity contribution in [3.63, 3.8) is 0 Å². The zero-order chi connectivity index (χ0) is 18.2. The van der Waals surface area contributed by atoms with Gasteiger partial charge in [-0.3, -0.25) is 15.0 Å². The second-order valence-corrected chi connectivity index (χ2v) is 7.35. The van der Waals surface area contributed by atoms with Crippen LogP contribution in [0.4, 0.5) is 5.69 Å². The van der Waals surface area contributed by atoms with Gasteiger partial charge in [-0.15, -0.1) is 0 Å². The monoisotopic (exact) mass is 341 g/mol. The van der Waals surface area contributed by atoms with Gasteiger partial charge >= 0.3 is 5.69 Å². The fourth-order valence-corrected chi connectivity index (χ4v) is 3.60. The van der Waals surface area contributed by atoms with Gasteiger partial charge in [0.1, 0.15) is 5.75 Å². The molecular weight excluding hydrogens is 318 g/mol. The Morgan fingerprint density at radius 1 is 1.32 bits per heavy atom. The first-order valence-electron chi connectivity index (χ1n) is 8.46. The Morgan fingerprint density at radius 2 is 2.08 bits per heavy atom. The Kier molecular flexibility index (Phi) is 4.47. The molecule has 0 spiro atoms. The van der Waals surface area contributed by atoms with E-state index in [1.54, 1.807) is 0 Å². The minimum atomic E-state index is -0.467. The molecule has 0 fully saturated rings. The maximum Gasteiger partial charge on any atom is 0.331 e. The van der Waals surface area contributed by atoms with Gasteiger partial charge in [0.05, 0.1) is 4.92 Å². The first-order valence-corrected chi connectivity index (χ1v) is 8.46. The van der Waals surface area contributed by atoms with Crippen LogP contribution in [0.25, 0.3) is 0 Å². The summed E-state index contributed by atoms with van der Waals surface area (Å²) in [7, 11) is 0. The van der Waals surface area contributed by atoms with E-state index in [0.29, 0.717) is 5.75 Å². The summed E-state index contributed by atoms with van der Waals surface area (Å²) in [6.07, 6.45) is 1.51. The lowest BCUT2D eigenvalue weighted by Crippen LogP contribution is -2.31. The van der Waals surface area contributed by atoms with Crippen molar-refractivity contribution < 1.29 is 9.66 Å². The summed E-state index contributed by atoms with van der Waals surface area (Å²) in [5.41, 5.74) is 2.20. The summed E-state index contributed by atoms with van der Waals surface area (Å²) in [5.74, 6) is 0.679. The second kappa shape index (κ2) is 6.44. The van der Waals surface area contributed by atoms with E-state index in [2.05, 4.69) is 43.6 Å². The summed E-state index contributed by atoms with van der Waals surface area (Å²) in [4.78, 5) is 17.3. The fraction of sp³-hybridized carbons (Fsp3) is 0.421. The van der Waals surface area contributed by atoms with Crippen molar-refractivity contribution in [2.45, 2.75) is 40.3 Å². The summed E-state index contributed by atoms with van der Waals surface area (Å²) >= 11 is 0. The van der Waals surface area contributed by atoms with Gasteiger partial charge in [-0.2, -0.15) is 0 Å². The third-order valence-corrected chi connectivity index (χ3v) is 4.55. The van der Waals surface area contributed by atoms with Gasteiger partial charge < -0.3 is 4.74 Å². The first-order chi connectivity index (χ1) is 11.8. The van der Waals surface area contributed by atoms with E-state index >= 15 is 0 Å². The van der Waals surface area contributed by atoms with Gasteiger partial charge in [0.15, 0.2) is 0 Å². The van der Waals surface area contributed by atoms with Gasteiger partial charge in [0.25, 0.3) is 5.88 Å². The molecular formula is C19H23N3O3. The number of aromatic nitrogens is 1. The third kappa shape index (κ3) is 3.22. The Morgan fingerprint density at radius 3 is 2.72 bits per heavy atom. The predicted molar refractivity (Wildman–Crippen MR) is 95.7 cm³/mol. The van der Waals surface area contributed by atoms with Gasteiger partial charge in [-0.05, 0) is 29.7 Å². The van der Waals surface area contributed by atoms with Crippen molar-refractivity contribution in [2.24, 2.45) is 5.41 Å². The highest BCUT2D eigenvalue weighted by atomic mass is 16.6. The highest BCUT2D eigenvalue weighted by Gasteiger charge is 2.40. The van der Waals surface area contributed by atoms with Crippen molar-refractivity contribution in [1.29, 1.82) is 0 Å². The minimum absolute atomic E-state index is 0.0107. The largest absolute Gasteiger partial charge is 0.433 e. The Balaban J connectivity index is 2.07. The number of nitro groups is 1. The van der Waals surface area contributed by atoms with Crippen LogP contribution in [0.5, 0.6) is 11.6 Å². The van der Waals surface area contributed by atoms with Crippen molar-refractivity contribution in [2.75, 3.05) is 6.54 Å². The van der Waals surface area contributed by atoms with Gasteiger partial charge in [0, 0.05) is 30.4 Å². The number of benzene rings is 1. The van der Waals surface area contributed by atoms with E-state index in [0.717, 1.165) is 18.7 Å². The summed E-state index contributed by atoms with van der Waals surface area (Å²) < 4.78 is 5.95. The zero-order valence-corrected chi connectivity index (χ0v) is 15.0. The topological polar surface area (TPSA) is 68.5 Å². The molecule has 132 valence electrons. The van der Waals surface area contributed by atoms with Crippen molar-refractivity contribution in [3.8, 4) is 11.6 Å². The van der Waals surface area contributed by atoms with Crippen molar-refractivity contribution in [1.82, 2.24) is 9.88 Å². The maximum absolute atomic E-state index is 11.2. The molecule has 1 aromatic heterocycles. The molecule has 0 saturated heterocycles. The Hall–Kier alpha value is -2.47. The molecule has 0 amide bonds. The van der Waals surface area contributed by atoms with E-state index in [4.69, 9.17) is 4.74 Å². The van der Waals surface area contributed by atoms with Crippen LogP contribution in [-0.2, 0) is 6.54 Å². The molecule has 0 saturated carbocycles. The lowest BCUT2D eigenvalue weighted by Gasteiger charge is -2.35. The van der Waals surface area contributed by atoms with Crippen LogP contribution in [0.1, 0.15) is 44.9 Å². The molecule has 2 heterocycles. The normalized spacial score (nSPS) is 17.4. The molecule has 0 aliphatic carbocycles. The number of fused-ring (bicyclic) bond motifs is 1. The van der Waals surface area contributed by atoms with E-state index in [9.17, 15) is 10.1 Å². The molecule has 0 radical (unpaired) electrons. The van der Waals surface area contributed by atoms with Crippen LogP contribution in [0, 0.1) is 15.5 Å². The van der Waals surface area contributed by atoms with Crippen LogP contribution in [0.2, 0.25) is 0 Å². The molecule has 6 heteroatoms. The summed E-state index contributed by atoms with van der Waals surface area (Å²) in [6, 6.07) is 9.04. The highest BCUT2D eigenvalue weighted by Crippen LogP contribution is 2.49. The Labute approximate surface area is 147 Å². The van der Waals surface area contributed by atoms with Crippen molar-refractivity contribution in [3.05, 3.63) is 57.8 Å². The van der Waals surface area contributed by atoms with Gasteiger partial charge in [-0.1, -0.05) is 39.8 Å². The first kappa shape index (κ1) is 17.4. The summed E-state index contributed by atoms with van der Waals surface area (Å²) in [5, 5.41) is 11.2. The number of ether oxygens (including phenoxy) is 1. The quantitative estimate of drug-likeness (QED) is 0.595. The lowest BCUT2D eigenvalue weighted by molar-refractivity contribution is -0.386. The van der Waals surface area contributed by atoms with Crippen LogP contribution in [0.15, 0.2) is 36.5 Å². The molecule has 1 aromatic carbocycles. The van der Waals surface area contributed by atoms with E-state index < -0.39 is 4.92 Å². The number of rotatable bonds is 4. The number of hydrogen-bond donors (Lipinski definition) is 0. The minimum Gasteiger partial charge on any atom is -0.433 e. The fourth-order valence-electron chi connectivity index (χ4n) is 3.60. The molecule has 6 nitrogen and oxygen atoms in total. The lowest BCUT2D eigenvalue weighted by atomic mass is 9.82. The molecule has 1 aliphatic heterocycles. The molecule has 3 rings (SSSR count). The second-order valence-electron chi connectivity index (χ2n) is 7.35. The average molecular weight is 341 g/mol. The summed E-state index contributed by atoms with van der Waals surface area (Å²) in [6.45, 7) is 10.5. The molecule has 1 unspecified atom stereocenters. The molecule has 25 heavy (non-hydrogen) atoms. The van der Waals surface area contributed by atoms with Crippen LogP contribution < -0.4 is 4.74 Å². The van der Waals surface area contributed by atoms with Crippen LogP contribution in [0.3, 0.4) is 0 Å². The molecule has 0 bridgehead atoms. The third-order valence-electron chi connectivity index (χ3n) is 4.55. The smallest absolute Gasteiger partial charge is 0.331 e. The number of nitrogens with zero attached hydrogens (tertiary/aromatic N) is 3. The number of hydrogen-bond acceptors (Lipinski definition) is 5. The highest BCUT2D eigenvalue weighted by molar-refractivity contribution is 5.50. The predicted octanol–water partition coefficient (Wildman–Crippen LogP) is 4.70. The molecule has 2 aromatic rings. The SMILES string of the molecule is CCN1Cc2cccc(Oc3ncccc3[N+](=O)[O-])c2C1C(C)(C)C. The van der Waals surface area contributed by atoms with Gasteiger partial charge in [-0.25, -0.2) is 4.98 Å². The van der Waals surface area contributed by atoms with Crippen molar-refractivity contribution >= 4 is 5.69 Å². The van der Waals surface area contributed by atoms with E-state index in [-0.39, 0.29) is 23.0 Å². The Bertz CT molecular complexity index is 799. The molecule has 1 atom stereocenters. The van der Waals surface area contributed by atoms with Crippen LogP contribution in [-0.4, -0.2) is 21.4 Å². The average Bonchev–Trinajstić information content (AvgIpc) is 2.95. The van der Waals surface area contributed by atoms with E-state index in [1.807, 2.05) is 12.1 Å². The zero-order valence-electron chi connectivity index (χ0n) is 15.0. The van der Waals surface area contributed by atoms with E-state index in [1.165, 1.54) is 23.9 Å². The number of pyridine rings is 1. The van der Waals surface area contributed by atoms with Gasteiger partial charge in [0.2, 0.25) is 0 Å². The standard InChI is InChI=1S/C19H23N3O3/c1-5-21-12-13-8-6-10-15(16(13)17(21)19(2,3)4)25-18-14(22(23)24)9-7-11-20-18/h6-11,17H,5,12H2,1-4H3. The van der Waals surface area contributed by atoms with Crippen LogP contribution >= 0.6 is 0 Å². The maximum atomic E-state index is 11.2. The molecule has 0 N–H and O–H groups in total.